The van der Waals surface area contributed by atoms with Crippen molar-refractivity contribution in [2.45, 2.75) is 11.3 Å². The van der Waals surface area contributed by atoms with Crippen molar-refractivity contribution in [3.63, 3.8) is 0 Å². The monoisotopic (exact) mass is 434 g/mol. The van der Waals surface area contributed by atoms with Crippen LogP contribution in [0.15, 0.2) is 58.4 Å². The average Bonchev–Trinajstić information content (AvgIpc) is 2.71. The lowest BCUT2D eigenvalue weighted by atomic mass is 10.1. The van der Waals surface area contributed by atoms with Gasteiger partial charge in [-0.15, -0.1) is 0 Å². The fraction of sp³-hybridized carbons (Fsp3) is 0.381. The lowest BCUT2D eigenvalue weighted by Gasteiger charge is -2.37. The van der Waals surface area contributed by atoms with Crippen LogP contribution in [0.4, 0.5) is 5.69 Å². The Morgan fingerprint density at radius 2 is 1.79 bits per heavy atom. The molecule has 0 spiro atoms. The summed E-state index contributed by atoms with van der Waals surface area (Å²) < 4.78 is 23.1. The van der Waals surface area contributed by atoms with Gasteiger partial charge in [-0.3, -0.25) is 4.99 Å². The van der Waals surface area contributed by atoms with Gasteiger partial charge in [0, 0.05) is 56.7 Å². The van der Waals surface area contributed by atoms with Gasteiger partial charge in [-0.2, -0.15) is 0 Å². The maximum Gasteiger partial charge on any atom is 0.193 e. The van der Waals surface area contributed by atoms with E-state index in [1.807, 2.05) is 30.3 Å². The zero-order valence-electron chi connectivity index (χ0n) is 16.8. The quantitative estimate of drug-likeness (QED) is 0.579. The topological polar surface area (TPSA) is 65.0 Å². The van der Waals surface area contributed by atoms with Crippen LogP contribution in [0.3, 0.4) is 0 Å². The first-order valence-electron chi connectivity index (χ1n) is 9.62. The summed E-state index contributed by atoms with van der Waals surface area (Å²) in [4.78, 5) is 9.35. The molecule has 0 amide bonds. The Kier molecular flexibility index (Phi) is 7.03. The normalized spacial score (nSPS) is 15.5. The molecule has 1 saturated heterocycles. The zero-order chi connectivity index (χ0) is 20.9. The second kappa shape index (κ2) is 9.50. The molecule has 0 aliphatic carbocycles. The minimum atomic E-state index is -3.15. The molecule has 3 rings (SSSR count). The second-order valence-electron chi connectivity index (χ2n) is 7.09. The minimum Gasteiger partial charge on any atom is -0.368 e. The largest absolute Gasteiger partial charge is 0.368 e. The molecule has 2 aromatic rings. The molecule has 0 aromatic heterocycles. The van der Waals surface area contributed by atoms with Crippen molar-refractivity contribution in [2.24, 2.45) is 4.99 Å². The van der Waals surface area contributed by atoms with Crippen molar-refractivity contribution in [3.05, 3.63) is 59.1 Å². The van der Waals surface area contributed by atoms with Gasteiger partial charge >= 0.3 is 0 Å². The molecule has 0 radical (unpaired) electrons. The molecule has 1 heterocycles. The van der Waals surface area contributed by atoms with Crippen LogP contribution in [-0.4, -0.2) is 65.3 Å². The molecule has 156 valence electrons. The van der Waals surface area contributed by atoms with Crippen molar-refractivity contribution < 1.29 is 8.42 Å². The number of sulfone groups is 1. The molecule has 1 aliphatic rings. The van der Waals surface area contributed by atoms with Gasteiger partial charge in [0.25, 0.3) is 0 Å². The van der Waals surface area contributed by atoms with Gasteiger partial charge in [-0.1, -0.05) is 29.8 Å². The average molecular weight is 435 g/mol. The Balaban J connectivity index is 1.48. The van der Waals surface area contributed by atoms with E-state index < -0.39 is 9.84 Å². The number of nitrogens with zero attached hydrogens (tertiary/aromatic N) is 3. The molecule has 1 N–H and O–H groups in total. The van der Waals surface area contributed by atoms with Gasteiger partial charge in [0.05, 0.1) is 4.90 Å². The summed E-state index contributed by atoms with van der Waals surface area (Å²) in [6, 6.07) is 15.0. The summed E-state index contributed by atoms with van der Waals surface area (Å²) in [6.07, 6.45) is 2.02. The Bertz CT molecular complexity index is 953. The first-order valence-corrected chi connectivity index (χ1v) is 11.9. The number of piperazine rings is 1. The molecule has 0 saturated carbocycles. The first-order chi connectivity index (χ1) is 13.9. The van der Waals surface area contributed by atoms with Crippen LogP contribution in [0.5, 0.6) is 0 Å². The molecule has 0 bridgehead atoms. The van der Waals surface area contributed by atoms with E-state index in [-0.39, 0.29) is 0 Å². The molecule has 29 heavy (non-hydrogen) atoms. The molecular formula is C21H27ClN4O2S. The molecule has 0 unspecified atom stereocenters. The Morgan fingerprint density at radius 3 is 2.38 bits per heavy atom. The lowest BCUT2D eigenvalue weighted by Crippen LogP contribution is -2.52. The molecule has 1 fully saturated rings. The van der Waals surface area contributed by atoms with Crippen LogP contribution in [0.1, 0.15) is 5.56 Å². The number of halogens is 1. The SMILES string of the molecule is CN=C(NCCc1ccc(S(C)(=O)=O)cc1)N1CCN(c2cccc(Cl)c2)CC1. The Morgan fingerprint density at radius 1 is 1.10 bits per heavy atom. The minimum absolute atomic E-state index is 0.350. The second-order valence-corrected chi connectivity index (χ2v) is 9.55. The number of hydrogen-bond acceptors (Lipinski definition) is 4. The fourth-order valence-electron chi connectivity index (χ4n) is 3.40. The van der Waals surface area contributed by atoms with E-state index in [1.165, 1.54) is 6.26 Å². The van der Waals surface area contributed by atoms with E-state index >= 15 is 0 Å². The Hall–Kier alpha value is -2.25. The molecule has 6 nitrogen and oxygen atoms in total. The number of anilines is 1. The highest BCUT2D eigenvalue weighted by atomic mass is 35.5. The third-order valence-electron chi connectivity index (χ3n) is 5.01. The summed E-state index contributed by atoms with van der Waals surface area (Å²) in [6.45, 7) is 4.33. The van der Waals surface area contributed by atoms with E-state index in [0.717, 1.165) is 61.4 Å². The van der Waals surface area contributed by atoms with Gasteiger partial charge in [0.15, 0.2) is 15.8 Å². The van der Waals surface area contributed by atoms with Crippen molar-refractivity contribution in [2.75, 3.05) is 50.9 Å². The summed E-state index contributed by atoms with van der Waals surface area (Å²) in [5.41, 5.74) is 2.24. The summed E-state index contributed by atoms with van der Waals surface area (Å²) in [7, 11) is -1.35. The predicted octanol–water partition coefficient (Wildman–Crippen LogP) is 2.68. The predicted molar refractivity (Wildman–Crippen MR) is 120 cm³/mol. The maximum absolute atomic E-state index is 11.5. The van der Waals surface area contributed by atoms with E-state index in [9.17, 15) is 8.42 Å². The summed E-state index contributed by atoms with van der Waals surface area (Å²) >= 11 is 6.11. The standard InChI is InChI=1S/C21H27ClN4O2S/c1-23-21(24-11-10-17-6-8-20(9-7-17)29(2,27)28)26-14-12-25(13-15-26)19-5-3-4-18(22)16-19/h3-9,16H,10-15H2,1-2H3,(H,23,24). The van der Waals surface area contributed by atoms with Crippen molar-refractivity contribution in [3.8, 4) is 0 Å². The summed E-state index contributed by atoms with van der Waals surface area (Å²) in [5, 5.41) is 4.17. The highest BCUT2D eigenvalue weighted by Crippen LogP contribution is 2.20. The highest BCUT2D eigenvalue weighted by molar-refractivity contribution is 7.90. The molecule has 8 heteroatoms. The van der Waals surface area contributed by atoms with Gasteiger partial charge in [0.2, 0.25) is 0 Å². The van der Waals surface area contributed by atoms with E-state index in [0.29, 0.717) is 4.90 Å². The first kappa shape index (κ1) is 21.5. The van der Waals surface area contributed by atoms with E-state index in [2.05, 4.69) is 26.2 Å². The number of rotatable bonds is 5. The van der Waals surface area contributed by atoms with Gasteiger partial charge in [0.1, 0.15) is 0 Å². The van der Waals surface area contributed by atoms with Crippen LogP contribution in [0.25, 0.3) is 0 Å². The molecule has 0 atom stereocenters. The molecular weight excluding hydrogens is 408 g/mol. The van der Waals surface area contributed by atoms with Gasteiger partial charge < -0.3 is 15.1 Å². The molecule has 2 aromatic carbocycles. The summed E-state index contributed by atoms with van der Waals surface area (Å²) in [5.74, 6) is 0.892. The number of aliphatic imine (C=N–C) groups is 1. The van der Waals surface area contributed by atoms with Crippen LogP contribution >= 0.6 is 11.6 Å². The third-order valence-corrected chi connectivity index (χ3v) is 6.38. The number of benzene rings is 2. The number of hydrogen-bond donors (Lipinski definition) is 1. The maximum atomic E-state index is 11.5. The number of guanidine groups is 1. The van der Waals surface area contributed by atoms with Crippen molar-refractivity contribution in [1.29, 1.82) is 0 Å². The van der Waals surface area contributed by atoms with Gasteiger partial charge in [-0.25, -0.2) is 8.42 Å². The zero-order valence-corrected chi connectivity index (χ0v) is 18.4. The van der Waals surface area contributed by atoms with Crippen LogP contribution < -0.4 is 10.2 Å². The fourth-order valence-corrected chi connectivity index (χ4v) is 4.22. The third kappa shape index (κ3) is 5.87. The van der Waals surface area contributed by atoms with Crippen molar-refractivity contribution >= 4 is 33.1 Å². The van der Waals surface area contributed by atoms with Crippen LogP contribution in [0, 0.1) is 0 Å². The lowest BCUT2D eigenvalue weighted by molar-refractivity contribution is 0.373. The smallest absolute Gasteiger partial charge is 0.193 e. The van der Waals surface area contributed by atoms with Crippen LogP contribution in [-0.2, 0) is 16.3 Å². The van der Waals surface area contributed by atoms with E-state index in [1.54, 1.807) is 19.2 Å². The molecule has 1 aliphatic heterocycles. The Labute approximate surface area is 178 Å². The highest BCUT2D eigenvalue weighted by Gasteiger charge is 2.19. The number of nitrogens with one attached hydrogen (secondary N) is 1. The van der Waals surface area contributed by atoms with E-state index in [4.69, 9.17) is 11.6 Å². The van der Waals surface area contributed by atoms with Gasteiger partial charge in [-0.05, 0) is 42.3 Å². The van der Waals surface area contributed by atoms with Crippen molar-refractivity contribution in [1.82, 2.24) is 10.2 Å². The van der Waals surface area contributed by atoms with Crippen LogP contribution in [0.2, 0.25) is 5.02 Å².